The zero-order chi connectivity index (χ0) is 15.2. The molecule has 1 aliphatic rings. The lowest BCUT2D eigenvalue weighted by Crippen LogP contribution is -2.33. The van der Waals surface area contributed by atoms with Gasteiger partial charge in [0.25, 0.3) is 0 Å². The van der Waals surface area contributed by atoms with Crippen molar-refractivity contribution in [1.29, 1.82) is 0 Å². The zero-order valence-corrected chi connectivity index (χ0v) is 16.0. The van der Waals surface area contributed by atoms with Gasteiger partial charge in [0.2, 0.25) is 0 Å². The quantitative estimate of drug-likeness (QED) is 0.691. The third-order valence-corrected chi connectivity index (χ3v) is 6.29. The summed E-state index contributed by atoms with van der Waals surface area (Å²) in [5.41, 5.74) is 1.55. The van der Waals surface area contributed by atoms with Crippen LogP contribution in [0.4, 0.5) is 0 Å². The number of thiophene rings is 1. The van der Waals surface area contributed by atoms with E-state index in [1.165, 1.54) is 55.5 Å². The molecule has 0 bridgehead atoms. The largest absolute Gasteiger partial charge is 0.307 e. The van der Waals surface area contributed by atoms with Crippen molar-refractivity contribution in [1.82, 2.24) is 10.2 Å². The van der Waals surface area contributed by atoms with Crippen LogP contribution in [-0.2, 0) is 6.42 Å². The summed E-state index contributed by atoms with van der Waals surface area (Å²) in [6, 6.07) is 3.51. The van der Waals surface area contributed by atoms with Crippen molar-refractivity contribution in [3.05, 3.63) is 20.3 Å². The first-order valence-corrected chi connectivity index (χ1v) is 10.0. The molecular formula is C17H29BrN2S. The molecule has 0 aliphatic heterocycles. The molecule has 1 aromatic rings. The van der Waals surface area contributed by atoms with Crippen molar-refractivity contribution >= 4 is 27.3 Å². The summed E-state index contributed by atoms with van der Waals surface area (Å²) in [6.07, 6.45) is 6.44. The van der Waals surface area contributed by atoms with Crippen LogP contribution in [0.1, 0.15) is 62.9 Å². The van der Waals surface area contributed by atoms with Crippen LogP contribution >= 0.6 is 27.3 Å². The lowest BCUT2D eigenvalue weighted by Gasteiger charge is -2.27. The maximum absolute atomic E-state index is 3.87. The van der Waals surface area contributed by atoms with Crippen molar-refractivity contribution < 1.29 is 0 Å². The molecule has 2 atom stereocenters. The third kappa shape index (κ3) is 5.05. The van der Waals surface area contributed by atoms with Crippen LogP contribution in [0.2, 0.25) is 0 Å². The molecule has 2 nitrogen and oxygen atoms in total. The first-order valence-electron chi connectivity index (χ1n) is 8.40. The van der Waals surface area contributed by atoms with Gasteiger partial charge in [0.1, 0.15) is 0 Å². The van der Waals surface area contributed by atoms with Crippen LogP contribution in [0.3, 0.4) is 0 Å². The predicted octanol–water partition coefficient (Wildman–Crippen LogP) is 4.99. The van der Waals surface area contributed by atoms with Gasteiger partial charge >= 0.3 is 0 Å². The van der Waals surface area contributed by atoms with Gasteiger partial charge in [-0.2, -0.15) is 0 Å². The van der Waals surface area contributed by atoms with E-state index in [0.717, 1.165) is 0 Å². The molecule has 0 spiro atoms. The molecule has 0 saturated heterocycles. The molecule has 0 aromatic carbocycles. The first-order chi connectivity index (χ1) is 10.1. The summed E-state index contributed by atoms with van der Waals surface area (Å²) in [5.74, 6) is 0. The second kappa shape index (κ2) is 8.66. The van der Waals surface area contributed by atoms with E-state index in [9.17, 15) is 0 Å². The van der Waals surface area contributed by atoms with Crippen molar-refractivity contribution in [3.63, 3.8) is 0 Å². The third-order valence-electron chi connectivity index (χ3n) is 4.58. The number of hydrogen-bond acceptors (Lipinski definition) is 3. The molecule has 1 N–H and O–H groups in total. The van der Waals surface area contributed by atoms with E-state index in [4.69, 9.17) is 0 Å². The molecule has 1 aliphatic carbocycles. The molecule has 1 aromatic heterocycles. The van der Waals surface area contributed by atoms with Gasteiger partial charge in [-0.1, -0.05) is 13.8 Å². The minimum atomic E-state index is 0.569. The minimum Gasteiger partial charge on any atom is -0.307 e. The molecule has 4 heteroatoms. The maximum Gasteiger partial charge on any atom is 0.0704 e. The predicted molar refractivity (Wildman–Crippen MR) is 97.3 cm³/mol. The average Bonchev–Trinajstić information content (AvgIpc) is 2.85. The van der Waals surface area contributed by atoms with E-state index in [1.807, 2.05) is 11.3 Å². The average molecular weight is 373 g/mol. The van der Waals surface area contributed by atoms with E-state index in [1.54, 1.807) is 10.4 Å². The Morgan fingerprint density at radius 3 is 2.90 bits per heavy atom. The minimum absolute atomic E-state index is 0.569. The SMILES string of the molecule is CCN(CC)CCCC(C)NC1CCCc2sc(Br)cc21. The van der Waals surface area contributed by atoms with Crippen molar-refractivity contribution in [2.24, 2.45) is 0 Å². The molecule has 0 radical (unpaired) electrons. The summed E-state index contributed by atoms with van der Waals surface area (Å²) >= 11 is 5.56. The highest BCUT2D eigenvalue weighted by Gasteiger charge is 2.23. The first kappa shape index (κ1) is 17.5. The number of nitrogens with zero attached hydrogens (tertiary/aromatic N) is 1. The van der Waals surface area contributed by atoms with Crippen LogP contribution in [-0.4, -0.2) is 30.6 Å². The Kier molecular flexibility index (Phi) is 7.20. The Morgan fingerprint density at radius 1 is 1.43 bits per heavy atom. The van der Waals surface area contributed by atoms with Gasteiger partial charge in [0.15, 0.2) is 0 Å². The van der Waals surface area contributed by atoms with Gasteiger partial charge < -0.3 is 10.2 Å². The summed E-state index contributed by atoms with van der Waals surface area (Å²) in [7, 11) is 0. The van der Waals surface area contributed by atoms with Gasteiger partial charge in [0.05, 0.1) is 3.79 Å². The van der Waals surface area contributed by atoms with Gasteiger partial charge in [-0.15, -0.1) is 11.3 Å². The Hall–Kier alpha value is 0.100. The zero-order valence-electron chi connectivity index (χ0n) is 13.6. The lowest BCUT2D eigenvalue weighted by molar-refractivity contribution is 0.286. The van der Waals surface area contributed by atoms with Crippen LogP contribution in [0.25, 0.3) is 0 Å². The highest BCUT2D eigenvalue weighted by atomic mass is 79.9. The van der Waals surface area contributed by atoms with Crippen molar-refractivity contribution in [3.8, 4) is 0 Å². The molecule has 0 amide bonds. The fourth-order valence-corrected chi connectivity index (χ4v) is 5.10. The van der Waals surface area contributed by atoms with E-state index in [0.29, 0.717) is 12.1 Å². The van der Waals surface area contributed by atoms with Crippen LogP contribution in [0.5, 0.6) is 0 Å². The van der Waals surface area contributed by atoms with E-state index >= 15 is 0 Å². The van der Waals surface area contributed by atoms with E-state index < -0.39 is 0 Å². The molecule has 1 heterocycles. The topological polar surface area (TPSA) is 15.3 Å². The number of fused-ring (bicyclic) bond motifs is 1. The molecule has 21 heavy (non-hydrogen) atoms. The highest BCUT2D eigenvalue weighted by molar-refractivity contribution is 9.11. The summed E-state index contributed by atoms with van der Waals surface area (Å²) in [4.78, 5) is 4.10. The number of halogens is 1. The Bertz CT molecular complexity index is 428. The van der Waals surface area contributed by atoms with Gasteiger partial charge in [-0.05, 0) is 86.2 Å². The number of hydrogen-bond donors (Lipinski definition) is 1. The molecule has 120 valence electrons. The Balaban J connectivity index is 1.79. The standard InChI is InChI=1S/C17H29BrN2S/c1-4-20(5-2)11-7-8-13(3)19-15-9-6-10-16-14(15)12-17(18)21-16/h12-13,15,19H,4-11H2,1-3H3. The Labute approximate surface area is 142 Å². The Morgan fingerprint density at radius 2 is 2.19 bits per heavy atom. The van der Waals surface area contributed by atoms with E-state index in [-0.39, 0.29) is 0 Å². The fourth-order valence-electron chi connectivity index (χ4n) is 3.28. The lowest BCUT2D eigenvalue weighted by atomic mass is 9.93. The maximum atomic E-state index is 3.87. The summed E-state index contributed by atoms with van der Waals surface area (Å²) in [5, 5.41) is 3.87. The van der Waals surface area contributed by atoms with Crippen LogP contribution in [0.15, 0.2) is 9.85 Å². The second-order valence-corrected chi connectivity index (χ2v) is 8.63. The van der Waals surface area contributed by atoms with Crippen molar-refractivity contribution in [2.75, 3.05) is 19.6 Å². The number of aryl methyl sites for hydroxylation is 1. The van der Waals surface area contributed by atoms with Crippen molar-refractivity contribution in [2.45, 2.75) is 65.0 Å². The molecule has 0 saturated carbocycles. The smallest absolute Gasteiger partial charge is 0.0704 e. The molecular weight excluding hydrogens is 344 g/mol. The number of nitrogens with one attached hydrogen (secondary N) is 1. The molecule has 0 fully saturated rings. The normalized spacial score (nSPS) is 19.8. The fraction of sp³-hybridized carbons (Fsp3) is 0.765. The summed E-state index contributed by atoms with van der Waals surface area (Å²) < 4.78 is 1.29. The van der Waals surface area contributed by atoms with Gasteiger partial charge in [0, 0.05) is 17.0 Å². The summed E-state index contributed by atoms with van der Waals surface area (Å²) in [6.45, 7) is 10.4. The van der Waals surface area contributed by atoms with E-state index in [2.05, 4.69) is 53.0 Å². The van der Waals surface area contributed by atoms with Gasteiger partial charge in [-0.3, -0.25) is 0 Å². The number of rotatable bonds is 8. The molecule has 2 unspecified atom stereocenters. The second-order valence-electron chi connectivity index (χ2n) is 6.11. The van der Waals surface area contributed by atoms with Crippen LogP contribution in [0, 0.1) is 0 Å². The van der Waals surface area contributed by atoms with Crippen LogP contribution < -0.4 is 5.32 Å². The molecule has 2 rings (SSSR count). The monoisotopic (exact) mass is 372 g/mol. The van der Waals surface area contributed by atoms with Gasteiger partial charge in [-0.25, -0.2) is 0 Å². The highest BCUT2D eigenvalue weighted by Crippen LogP contribution is 2.38.